The molecule has 0 aliphatic carbocycles. The van der Waals surface area contributed by atoms with Crippen LogP contribution in [0, 0.1) is 0 Å². The Bertz CT molecular complexity index is 419. The van der Waals surface area contributed by atoms with E-state index in [4.69, 9.17) is 27.9 Å². The van der Waals surface area contributed by atoms with Gasteiger partial charge in [-0.05, 0) is 25.2 Å². The molecule has 1 unspecified atom stereocenters. The van der Waals surface area contributed by atoms with Crippen LogP contribution in [-0.2, 0) is 4.74 Å². The van der Waals surface area contributed by atoms with Gasteiger partial charge in [-0.25, -0.2) is 4.79 Å². The molecule has 1 aliphatic rings. The number of nitrogens with one attached hydrogen (secondary N) is 1. The molecule has 0 bridgehead atoms. The van der Waals surface area contributed by atoms with E-state index < -0.39 is 0 Å². The number of anilines is 1. The van der Waals surface area contributed by atoms with Crippen molar-refractivity contribution in [3.05, 3.63) is 28.2 Å². The summed E-state index contributed by atoms with van der Waals surface area (Å²) in [7, 11) is 1.81. The maximum atomic E-state index is 11.7. The molecule has 1 fully saturated rings. The predicted molar refractivity (Wildman–Crippen MR) is 68.0 cm³/mol. The standard InChI is InChI=1S/C11H12Cl2N2O2/c1-14-5-10-6-15(11(16)17-10)9-3-7(12)2-8(13)4-9/h2-4,10,14H,5-6H2,1H3. The second-order valence-electron chi connectivity index (χ2n) is 3.80. The van der Waals surface area contributed by atoms with Crippen molar-refractivity contribution in [1.82, 2.24) is 5.32 Å². The van der Waals surface area contributed by atoms with Gasteiger partial charge in [0.15, 0.2) is 0 Å². The van der Waals surface area contributed by atoms with Gasteiger partial charge in [-0.15, -0.1) is 0 Å². The van der Waals surface area contributed by atoms with Gasteiger partial charge in [-0.2, -0.15) is 0 Å². The number of likely N-dealkylation sites (N-methyl/N-ethyl adjacent to an activating group) is 1. The summed E-state index contributed by atoms with van der Waals surface area (Å²) in [6, 6.07) is 5.01. The van der Waals surface area contributed by atoms with E-state index in [0.717, 1.165) is 0 Å². The zero-order valence-electron chi connectivity index (χ0n) is 9.24. The first-order valence-electron chi connectivity index (χ1n) is 5.19. The summed E-state index contributed by atoms with van der Waals surface area (Å²) in [4.78, 5) is 13.2. The van der Waals surface area contributed by atoms with Crippen LogP contribution in [0.1, 0.15) is 0 Å². The van der Waals surface area contributed by atoms with E-state index in [1.54, 1.807) is 18.2 Å². The van der Waals surface area contributed by atoms with E-state index in [9.17, 15) is 4.79 Å². The number of ether oxygens (including phenoxy) is 1. The van der Waals surface area contributed by atoms with E-state index in [1.807, 2.05) is 7.05 Å². The lowest BCUT2D eigenvalue weighted by molar-refractivity contribution is 0.141. The Morgan fingerprint density at radius 3 is 2.65 bits per heavy atom. The lowest BCUT2D eigenvalue weighted by Gasteiger charge is -2.13. The highest BCUT2D eigenvalue weighted by Gasteiger charge is 2.32. The second kappa shape index (κ2) is 5.12. The summed E-state index contributed by atoms with van der Waals surface area (Å²) in [5, 5.41) is 3.96. The summed E-state index contributed by atoms with van der Waals surface area (Å²) in [6.45, 7) is 1.12. The Kier molecular flexibility index (Phi) is 3.76. The second-order valence-corrected chi connectivity index (χ2v) is 4.67. The highest BCUT2D eigenvalue weighted by Crippen LogP contribution is 2.28. The Morgan fingerprint density at radius 1 is 1.41 bits per heavy atom. The topological polar surface area (TPSA) is 41.6 Å². The van der Waals surface area contributed by atoms with Crippen LogP contribution in [0.4, 0.5) is 10.5 Å². The predicted octanol–water partition coefficient (Wildman–Crippen LogP) is 2.54. The van der Waals surface area contributed by atoms with Crippen LogP contribution >= 0.6 is 23.2 Å². The van der Waals surface area contributed by atoms with Crippen LogP contribution in [0.25, 0.3) is 0 Å². The highest BCUT2D eigenvalue weighted by atomic mass is 35.5. The van der Waals surface area contributed by atoms with Gasteiger partial charge < -0.3 is 10.1 Å². The summed E-state index contributed by atoms with van der Waals surface area (Å²) in [6.07, 6.45) is -0.520. The lowest BCUT2D eigenvalue weighted by atomic mass is 10.2. The number of halogens is 2. The molecule has 1 atom stereocenters. The minimum Gasteiger partial charge on any atom is -0.443 e. The summed E-state index contributed by atoms with van der Waals surface area (Å²) >= 11 is 11.8. The average molecular weight is 275 g/mol. The molecule has 6 heteroatoms. The van der Waals surface area contributed by atoms with Gasteiger partial charge in [0.05, 0.1) is 12.2 Å². The number of hydrogen-bond donors (Lipinski definition) is 1. The third kappa shape index (κ3) is 2.83. The molecular formula is C11H12Cl2N2O2. The van der Waals surface area contributed by atoms with E-state index in [0.29, 0.717) is 28.8 Å². The quantitative estimate of drug-likeness (QED) is 0.921. The number of carbonyl (C=O) groups excluding carboxylic acids is 1. The molecule has 1 aromatic rings. The molecule has 92 valence electrons. The number of carbonyl (C=O) groups is 1. The molecule has 0 aromatic heterocycles. The molecule has 1 N–H and O–H groups in total. The van der Waals surface area contributed by atoms with E-state index in [-0.39, 0.29) is 12.2 Å². The minimum absolute atomic E-state index is 0.148. The normalized spacial score (nSPS) is 19.6. The number of amides is 1. The van der Waals surface area contributed by atoms with Gasteiger partial charge >= 0.3 is 6.09 Å². The molecule has 0 radical (unpaired) electrons. The van der Waals surface area contributed by atoms with Crippen LogP contribution in [0.3, 0.4) is 0 Å². The first-order valence-corrected chi connectivity index (χ1v) is 5.94. The zero-order valence-corrected chi connectivity index (χ0v) is 10.8. The zero-order chi connectivity index (χ0) is 12.4. The summed E-state index contributed by atoms with van der Waals surface area (Å²) in [5.74, 6) is 0. The average Bonchev–Trinajstić information content (AvgIpc) is 2.58. The number of rotatable bonds is 3. The Balaban J connectivity index is 2.19. The van der Waals surface area contributed by atoms with Crippen molar-refractivity contribution in [3.8, 4) is 0 Å². The lowest BCUT2D eigenvalue weighted by Crippen LogP contribution is -2.29. The van der Waals surface area contributed by atoms with E-state index in [1.165, 1.54) is 4.90 Å². The molecule has 1 aromatic carbocycles. The van der Waals surface area contributed by atoms with Gasteiger partial charge in [0.25, 0.3) is 0 Å². The molecular weight excluding hydrogens is 263 g/mol. The third-order valence-electron chi connectivity index (χ3n) is 2.46. The fourth-order valence-electron chi connectivity index (χ4n) is 1.76. The van der Waals surface area contributed by atoms with Gasteiger partial charge in [-0.1, -0.05) is 23.2 Å². The Morgan fingerprint density at radius 2 is 2.06 bits per heavy atom. The smallest absolute Gasteiger partial charge is 0.414 e. The monoisotopic (exact) mass is 274 g/mol. The Hall–Kier alpha value is -0.970. The van der Waals surface area contributed by atoms with E-state index in [2.05, 4.69) is 5.32 Å². The molecule has 4 nitrogen and oxygen atoms in total. The number of hydrogen-bond acceptors (Lipinski definition) is 3. The van der Waals surface area contributed by atoms with Crippen LogP contribution < -0.4 is 10.2 Å². The van der Waals surface area contributed by atoms with Crippen molar-refractivity contribution in [2.24, 2.45) is 0 Å². The number of cyclic esters (lactones) is 1. The maximum absolute atomic E-state index is 11.7. The molecule has 1 amide bonds. The first-order chi connectivity index (χ1) is 8.10. The van der Waals surface area contributed by atoms with Crippen LogP contribution in [0.15, 0.2) is 18.2 Å². The van der Waals surface area contributed by atoms with Gasteiger partial charge in [0, 0.05) is 16.6 Å². The largest absolute Gasteiger partial charge is 0.443 e. The molecule has 2 rings (SSSR count). The summed E-state index contributed by atoms with van der Waals surface area (Å²) < 4.78 is 5.19. The fourth-order valence-corrected chi connectivity index (χ4v) is 2.28. The maximum Gasteiger partial charge on any atom is 0.414 e. The molecule has 0 spiro atoms. The van der Waals surface area contributed by atoms with Crippen molar-refractivity contribution in [2.75, 3.05) is 25.0 Å². The summed E-state index contributed by atoms with van der Waals surface area (Å²) in [5.41, 5.74) is 0.658. The van der Waals surface area contributed by atoms with Crippen LogP contribution in [0.5, 0.6) is 0 Å². The van der Waals surface area contributed by atoms with Crippen molar-refractivity contribution in [3.63, 3.8) is 0 Å². The van der Waals surface area contributed by atoms with Gasteiger partial charge in [0.1, 0.15) is 6.10 Å². The third-order valence-corrected chi connectivity index (χ3v) is 2.90. The number of nitrogens with zero attached hydrogens (tertiary/aromatic N) is 1. The molecule has 1 heterocycles. The SMILES string of the molecule is CNCC1CN(c2cc(Cl)cc(Cl)c2)C(=O)O1. The molecule has 1 saturated heterocycles. The fraction of sp³-hybridized carbons (Fsp3) is 0.364. The first kappa shape index (κ1) is 12.5. The molecule has 0 saturated carbocycles. The number of benzene rings is 1. The molecule has 1 aliphatic heterocycles. The van der Waals surface area contributed by atoms with Crippen molar-refractivity contribution >= 4 is 35.0 Å². The van der Waals surface area contributed by atoms with Crippen molar-refractivity contribution in [2.45, 2.75) is 6.10 Å². The van der Waals surface area contributed by atoms with Crippen molar-refractivity contribution in [1.29, 1.82) is 0 Å². The van der Waals surface area contributed by atoms with Gasteiger partial charge in [-0.3, -0.25) is 4.90 Å². The molecule has 17 heavy (non-hydrogen) atoms. The van der Waals surface area contributed by atoms with E-state index >= 15 is 0 Å². The Labute approximate surface area is 109 Å². The highest BCUT2D eigenvalue weighted by molar-refractivity contribution is 6.35. The van der Waals surface area contributed by atoms with Crippen molar-refractivity contribution < 1.29 is 9.53 Å². The van der Waals surface area contributed by atoms with Gasteiger partial charge in [0.2, 0.25) is 0 Å². The minimum atomic E-state index is -0.372. The van der Waals surface area contributed by atoms with Crippen LogP contribution in [-0.4, -0.2) is 32.3 Å². The van der Waals surface area contributed by atoms with Crippen LogP contribution in [0.2, 0.25) is 10.0 Å².